The Balaban J connectivity index is 1.95. The summed E-state index contributed by atoms with van der Waals surface area (Å²) in [4.78, 5) is 1.54. The van der Waals surface area contributed by atoms with E-state index in [1.165, 1.54) is 25.7 Å². The molecule has 1 aliphatic carbocycles. The number of hydrogen-bond acceptors (Lipinski definition) is 4. The summed E-state index contributed by atoms with van der Waals surface area (Å²) < 4.78 is 0. The first-order chi connectivity index (χ1) is 7.79. The van der Waals surface area contributed by atoms with Crippen molar-refractivity contribution in [2.45, 2.75) is 45.1 Å². The van der Waals surface area contributed by atoms with E-state index in [0.29, 0.717) is 12.0 Å². The van der Waals surface area contributed by atoms with Crippen molar-refractivity contribution in [3.63, 3.8) is 0 Å². The molecule has 1 aromatic heterocycles. The zero-order valence-electron chi connectivity index (χ0n) is 10.2. The van der Waals surface area contributed by atoms with Crippen molar-refractivity contribution in [3.8, 4) is 0 Å². The maximum atomic E-state index is 4.27. The quantitative estimate of drug-likeness (QED) is 0.824. The van der Waals surface area contributed by atoms with Crippen LogP contribution in [0, 0.1) is 5.92 Å². The van der Waals surface area contributed by atoms with E-state index in [9.17, 15) is 0 Å². The Labute approximate surface area is 96.6 Å². The highest BCUT2D eigenvalue weighted by Gasteiger charge is 2.25. The highest BCUT2D eigenvalue weighted by Crippen LogP contribution is 2.26. The number of tetrazole rings is 1. The van der Waals surface area contributed by atoms with Crippen molar-refractivity contribution in [2.75, 3.05) is 6.54 Å². The molecular formula is C11H21N5. The van der Waals surface area contributed by atoms with Crippen LogP contribution in [0.15, 0.2) is 0 Å². The Morgan fingerprint density at radius 1 is 1.38 bits per heavy atom. The fraction of sp³-hybridized carbons (Fsp3) is 0.909. The second kappa shape index (κ2) is 5.39. The molecule has 1 fully saturated rings. The number of rotatable bonds is 4. The standard InChI is InChI=1S/C11H21N5/c1-3-12-10-7-5-4-6-9(10)8-11-13-15-16(2)14-11/h9-10,12H,3-8H2,1-2H3. The van der Waals surface area contributed by atoms with Crippen molar-refractivity contribution < 1.29 is 0 Å². The maximum absolute atomic E-state index is 4.27. The van der Waals surface area contributed by atoms with Crippen LogP contribution in [0.3, 0.4) is 0 Å². The van der Waals surface area contributed by atoms with E-state index in [1.54, 1.807) is 4.80 Å². The van der Waals surface area contributed by atoms with Gasteiger partial charge in [-0.3, -0.25) is 0 Å². The number of aromatic nitrogens is 4. The third kappa shape index (κ3) is 2.78. The van der Waals surface area contributed by atoms with Gasteiger partial charge in [0.25, 0.3) is 0 Å². The van der Waals surface area contributed by atoms with Crippen LogP contribution in [0.4, 0.5) is 0 Å². The van der Waals surface area contributed by atoms with Crippen LogP contribution in [-0.4, -0.2) is 32.8 Å². The molecule has 5 heteroatoms. The molecule has 0 spiro atoms. The van der Waals surface area contributed by atoms with Gasteiger partial charge in [-0.2, -0.15) is 4.80 Å². The largest absolute Gasteiger partial charge is 0.314 e. The lowest BCUT2D eigenvalue weighted by molar-refractivity contribution is 0.261. The van der Waals surface area contributed by atoms with Gasteiger partial charge in [-0.1, -0.05) is 19.8 Å². The zero-order valence-corrected chi connectivity index (χ0v) is 10.2. The summed E-state index contributed by atoms with van der Waals surface area (Å²) in [5.41, 5.74) is 0. The molecule has 0 radical (unpaired) electrons. The second-order valence-corrected chi connectivity index (χ2v) is 4.61. The van der Waals surface area contributed by atoms with Gasteiger partial charge >= 0.3 is 0 Å². The van der Waals surface area contributed by atoms with Gasteiger partial charge in [0, 0.05) is 12.5 Å². The number of hydrogen-bond donors (Lipinski definition) is 1. The third-order valence-electron chi connectivity index (χ3n) is 3.37. The minimum Gasteiger partial charge on any atom is -0.314 e. The Morgan fingerprint density at radius 2 is 2.19 bits per heavy atom. The molecule has 2 rings (SSSR count). The first-order valence-corrected chi connectivity index (χ1v) is 6.26. The van der Waals surface area contributed by atoms with Crippen LogP contribution in [-0.2, 0) is 13.5 Å². The van der Waals surface area contributed by atoms with Gasteiger partial charge in [-0.15, -0.1) is 10.2 Å². The Kier molecular flexibility index (Phi) is 3.88. The minimum atomic E-state index is 0.641. The van der Waals surface area contributed by atoms with Crippen molar-refractivity contribution in [3.05, 3.63) is 5.82 Å². The van der Waals surface area contributed by atoms with Crippen molar-refractivity contribution in [1.29, 1.82) is 0 Å². The lowest BCUT2D eigenvalue weighted by Crippen LogP contribution is -2.39. The van der Waals surface area contributed by atoms with Crippen LogP contribution in [0.25, 0.3) is 0 Å². The number of nitrogens with one attached hydrogen (secondary N) is 1. The minimum absolute atomic E-state index is 0.641. The molecule has 1 aromatic rings. The zero-order chi connectivity index (χ0) is 11.4. The summed E-state index contributed by atoms with van der Waals surface area (Å²) in [5.74, 6) is 1.57. The fourth-order valence-corrected chi connectivity index (χ4v) is 2.62. The Hall–Kier alpha value is -0.970. The maximum Gasteiger partial charge on any atom is 0.175 e. The summed E-state index contributed by atoms with van der Waals surface area (Å²) in [7, 11) is 1.82. The molecule has 90 valence electrons. The van der Waals surface area contributed by atoms with Crippen molar-refractivity contribution >= 4 is 0 Å². The lowest BCUT2D eigenvalue weighted by atomic mass is 9.82. The van der Waals surface area contributed by atoms with E-state index in [4.69, 9.17) is 0 Å². The molecule has 2 unspecified atom stereocenters. The summed E-state index contributed by atoms with van der Waals surface area (Å²) in [6, 6.07) is 0.641. The lowest BCUT2D eigenvalue weighted by Gasteiger charge is -2.31. The molecule has 0 aromatic carbocycles. The van der Waals surface area contributed by atoms with Crippen molar-refractivity contribution in [1.82, 2.24) is 25.5 Å². The summed E-state index contributed by atoms with van der Waals surface area (Å²) in [6.07, 6.45) is 6.23. The molecule has 0 saturated heterocycles. The van der Waals surface area contributed by atoms with E-state index in [-0.39, 0.29) is 0 Å². The normalized spacial score (nSPS) is 25.9. The van der Waals surface area contributed by atoms with Crippen LogP contribution in [0.2, 0.25) is 0 Å². The Morgan fingerprint density at radius 3 is 2.88 bits per heavy atom. The van der Waals surface area contributed by atoms with Crippen LogP contribution < -0.4 is 5.32 Å². The van der Waals surface area contributed by atoms with E-state index in [0.717, 1.165) is 18.8 Å². The van der Waals surface area contributed by atoms with E-state index in [1.807, 2.05) is 7.05 Å². The molecule has 1 saturated carbocycles. The topological polar surface area (TPSA) is 55.6 Å². The molecule has 16 heavy (non-hydrogen) atoms. The molecule has 0 amide bonds. The van der Waals surface area contributed by atoms with Gasteiger partial charge in [0.15, 0.2) is 5.82 Å². The summed E-state index contributed by atoms with van der Waals surface area (Å²) >= 11 is 0. The predicted molar refractivity (Wildman–Crippen MR) is 61.9 cm³/mol. The highest BCUT2D eigenvalue weighted by atomic mass is 15.6. The SMILES string of the molecule is CCNC1CCCCC1Cc1nnn(C)n1. The smallest absolute Gasteiger partial charge is 0.175 e. The van der Waals surface area contributed by atoms with E-state index in [2.05, 4.69) is 27.7 Å². The average molecular weight is 223 g/mol. The molecule has 0 bridgehead atoms. The number of nitrogens with zero attached hydrogens (tertiary/aromatic N) is 4. The predicted octanol–water partition coefficient (Wildman–Crippen LogP) is 0.921. The van der Waals surface area contributed by atoms with Crippen molar-refractivity contribution in [2.24, 2.45) is 13.0 Å². The molecular weight excluding hydrogens is 202 g/mol. The van der Waals surface area contributed by atoms with Crippen LogP contribution >= 0.6 is 0 Å². The van der Waals surface area contributed by atoms with Gasteiger partial charge in [0.05, 0.1) is 7.05 Å². The molecule has 1 aliphatic rings. The van der Waals surface area contributed by atoms with Gasteiger partial charge in [0.1, 0.15) is 0 Å². The van der Waals surface area contributed by atoms with Gasteiger partial charge in [-0.05, 0) is 30.5 Å². The molecule has 2 atom stereocenters. The highest BCUT2D eigenvalue weighted by molar-refractivity contribution is 4.89. The first kappa shape index (κ1) is 11.5. The van der Waals surface area contributed by atoms with E-state index < -0.39 is 0 Å². The molecule has 1 N–H and O–H groups in total. The monoisotopic (exact) mass is 223 g/mol. The van der Waals surface area contributed by atoms with Crippen LogP contribution in [0.5, 0.6) is 0 Å². The molecule has 5 nitrogen and oxygen atoms in total. The first-order valence-electron chi connectivity index (χ1n) is 6.26. The fourth-order valence-electron chi connectivity index (χ4n) is 2.62. The summed E-state index contributed by atoms with van der Waals surface area (Å²) in [6.45, 7) is 3.22. The Bertz CT molecular complexity index is 320. The third-order valence-corrected chi connectivity index (χ3v) is 3.37. The summed E-state index contributed by atoms with van der Waals surface area (Å²) in [5, 5.41) is 15.8. The number of aryl methyl sites for hydroxylation is 1. The average Bonchev–Trinajstić information content (AvgIpc) is 2.67. The molecule has 1 heterocycles. The second-order valence-electron chi connectivity index (χ2n) is 4.61. The van der Waals surface area contributed by atoms with E-state index >= 15 is 0 Å². The van der Waals surface area contributed by atoms with Gasteiger partial charge in [0.2, 0.25) is 0 Å². The van der Waals surface area contributed by atoms with Crippen LogP contribution in [0.1, 0.15) is 38.4 Å². The van der Waals surface area contributed by atoms with Gasteiger partial charge in [-0.25, -0.2) is 0 Å². The van der Waals surface area contributed by atoms with Gasteiger partial charge < -0.3 is 5.32 Å². The molecule has 0 aliphatic heterocycles.